The monoisotopic (exact) mass is 284 g/mol. The van der Waals surface area contributed by atoms with E-state index in [9.17, 15) is 0 Å². The van der Waals surface area contributed by atoms with Crippen LogP contribution < -0.4 is 0 Å². The van der Waals surface area contributed by atoms with Gasteiger partial charge >= 0.3 is 0 Å². The van der Waals surface area contributed by atoms with E-state index in [1.165, 1.54) is 12.0 Å². The number of halogens is 1. The second-order valence-corrected chi connectivity index (χ2v) is 5.83. The Bertz CT molecular complexity index is 372. The lowest BCUT2D eigenvalue weighted by molar-refractivity contribution is -0.168. The Morgan fingerprint density at radius 2 is 2.11 bits per heavy atom. The SMILES string of the molecule is ClC1=C(COCCOC2CCCCO2)[C@@H]2C=C[C@H]1C2. The van der Waals surface area contributed by atoms with E-state index < -0.39 is 0 Å². The fourth-order valence-corrected chi connectivity index (χ4v) is 3.36. The largest absolute Gasteiger partial charge is 0.375 e. The van der Waals surface area contributed by atoms with E-state index in [1.54, 1.807) is 0 Å². The van der Waals surface area contributed by atoms with E-state index in [-0.39, 0.29) is 6.29 Å². The summed E-state index contributed by atoms with van der Waals surface area (Å²) in [5, 5.41) is 1.00. The Morgan fingerprint density at radius 1 is 1.21 bits per heavy atom. The third kappa shape index (κ3) is 3.22. The molecule has 106 valence electrons. The van der Waals surface area contributed by atoms with Gasteiger partial charge in [0.25, 0.3) is 0 Å². The lowest BCUT2D eigenvalue weighted by Gasteiger charge is -2.22. The zero-order chi connectivity index (χ0) is 13.1. The van der Waals surface area contributed by atoms with E-state index in [1.807, 2.05) is 0 Å². The lowest BCUT2D eigenvalue weighted by Crippen LogP contribution is -2.24. The second-order valence-electron chi connectivity index (χ2n) is 5.43. The van der Waals surface area contributed by atoms with E-state index in [2.05, 4.69) is 12.2 Å². The molecule has 0 amide bonds. The molecule has 0 N–H and O–H groups in total. The van der Waals surface area contributed by atoms with Gasteiger partial charge in [-0.2, -0.15) is 0 Å². The Labute approximate surface area is 119 Å². The molecular weight excluding hydrogens is 264 g/mol. The van der Waals surface area contributed by atoms with Crippen LogP contribution >= 0.6 is 11.6 Å². The van der Waals surface area contributed by atoms with E-state index in [4.69, 9.17) is 25.8 Å². The molecule has 0 aromatic carbocycles. The first-order chi connectivity index (χ1) is 9.34. The minimum absolute atomic E-state index is 0.0226. The van der Waals surface area contributed by atoms with Crippen LogP contribution in [0.1, 0.15) is 25.7 Å². The van der Waals surface area contributed by atoms with Gasteiger partial charge in [-0.15, -0.1) is 0 Å². The Morgan fingerprint density at radius 3 is 2.84 bits per heavy atom. The first-order valence-electron chi connectivity index (χ1n) is 7.22. The van der Waals surface area contributed by atoms with Crippen LogP contribution in [-0.2, 0) is 14.2 Å². The van der Waals surface area contributed by atoms with E-state index in [0.29, 0.717) is 31.7 Å². The van der Waals surface area contributed by atoms with Crippen molar-refractivity contribution in [2.75, 3.05) is 26.4 Å². The molecule has 1 unspecified atom stereocenters. The van der Waals surface area contributed by atoms with Crippen molar-refractivity contribution in [2.45, 2.75) is 32.0 Å². The fourth-order valence-electron chi connectivity index (χ4n) is 3.00. The molecule has 3 atom stereocenters. The van der Waals surface area contributed by atoms with Crippen LogP contribution in [-0.4, -0.2) is 32.7 Å². The van der Waals surface area contributed by atoms with Gasteiger partial charge in [-0.3, -0.25) is 0 Å². The third-order valence-electron chi connectivity index (χ3n) is 4.09. The van der Waals surface area contributed by atoms with Gasteiger partial charge in [0.05, 0.1) is 19.8 Å². The zero-order valence-corrected chi connectivity index (χ0v) is 11.9. The standard InChI is InChI=1S/C15H21ClO3/c16-15-12-5-4-11(9-12)13(15)10-17-7-8-19-14-3-1-2-6-18-14/h4-5,11-12,14H,1-3,6-10H2/t11-,12+,14?/m1/s1. The first-order valence-corrected chi connectivity index (χ1v) is 7.60. The normalized spacial score (nSPS) is 33.4. The van der Waals surface area contributed by atoms with Crippen molar-refractivity contribution < 1.29 is 14.2 Å². The highest BCUT2D eigenvalue weighted by atomic mass is 35.5. The summed E-state index contributed by atoms with van der Waals surface area (Å²) in [5.74, 6) is 0.970. The van der Waals surface area contributed by atoms with Gasteiger partial charge in [0.15, 0.2) is 6.29 Å². The number of rotatable bonds is 6. The summed E-state index contributed by atoms with van der Waals surface area (Å²) < 4.78 is 16.8. The minimum Gasteiger partial charge on any atom is -0.375 e. The van der Waals surface area contributed by atoms with Crippen molar-refractivity contribution in [1.82, 2.24) is 0 Å². The fraction of sp³-hybridized carbons (Fsp3) is 0.733. The van der Waals surface area contributed by atoms with Crippen LogP contribution in [0, 0.1) is 11.8 Å². The second kappa shape index (κ2) is 6.40. The van der Waals surface area contributed by atoms with Gasteiger partial charge < -0.3 is 14.2 Å². The molecule has 1 fully saturated rings. The maximum Gasteiger partial charge on any atom is 0.157 e. The molecule has 19 heavy (non-hydrogen) atoms. The minimum atomic E-state index is -0.0226. The molecule has 2 bridgehead atoms. The van der Waals surface area contributed by atoms with Gasteiger partial charge in [0.2, 0.25) is 0 Å². The highest BCUT2D eigenvalue weighted by Crippen LogP contribution is 2.45. The van der Waals surface area contributed by atoms with Crippen LogP contribution in [0.2, 0.25) is 0 Å². The van der Waals surface area contributed by atoms with Crippen molar-refractivity contribution in [1.29, 1.82) is 0 Å². The maximum atomic E-state index is 6.31. The molecule has 1 saturated heterocycles. The molecule has 0 saturated carbocycles. The molecule has 1 heterocycles. The molecule has 0 radical (unpaired) electrons. The van der Waals surface area contributed by atoms with Crippen LogP contribution in [0.15, 0.2) is 22.8 Å². The average molecular weight is 285 g/mol. The Kier molecular flexibility index (Phi) is 4.59. The van der Waals surface area contributed by atoms with Gasteiger partial charge in [-0.1, -0.05) is 23.8 Å². The van der Waals surface area contributed by atoms with Crippen molar-refractivity contribution in [3.63, 3.8) is 0 Å². The van der Waals surface area contributed by atoms with Crippen LogP contribution in [0.5, 0.6) is 0 Å². The van der Waals surface area contributed by atoms with Crippen molar-refractivity contribution in [2.24, 2.45) is 11.8 Å². The first kappa shape index (κ1) is 13.6. The zero-order valence-electron chi connectivity index (χ0n) is 11.1. The highest BCUT2D eigenvalue weighted by molar-refractivity contribution is 6.30. The summed E-state index contributed by atoms with van der Waals surface area (Å²) in [6, 6.07) is 0. The average Bonchev–Trinajstić information content (AvgIpc) is 3.02. The van der Waals surface area contributed by atoms with E-state index in [0.717, 1.165) is 30.9 Å². The molecule has 4 heteroatoms. The van der Waals surface area contributed by atoms with Gasteiger partial charge in [-0.25, -0.2) is 0 Å². The molecule has 0 aromatic heterocycles. The summed E-state index contributed by atoms with van der Waals surface area (Å²) in [4.78, 5) is 0. The predicted molar refractivity (Wildman–Crippen MR) is 74.0 cm³/mol. The van der Waals surface area contributed by atoms with Crippen molar-refractivity contribution in [3.05, 3.63) is 22.8 Å². The molecular formula is C15H21ClO3. The molecule has 3 aliphatic rings. The molecule has 0 spiro atoms. The van der Waals surface area contributed by atoms with Crippen LogP contribution in [0.25, 0.3) is 0 Å². The summed E-state index contributed by atoms with van der Waals surface area (Å²) in [7, 11) is 0. The van der Waals surface area contributed by atoms with Gasteiger partial charge in [0, 0.05) is 23.5 Å². The maximum absolute atomic E-state index is 6.31. The number of hydrogen-bond acceptors (Lipinski definition) is 3. The lowest BCUT2D eigenvalue weighted by atomic mass is 10.0. The number of ether oxygens (including phenoxy) is 3. The summed E-state index contributed by atoms with van der Waals surface area (Å²) in [5.41, 5.74) is 1.27. The molecule has 3 nitrogen and oxygen atoms in total. The number of hydrogen-bond donors (Lipinski definition) is 0. The molecule has 2 aliphatic carbocycles. The van der Waals surface area contributed by atoms with Crippen LogP contribution in [0.4, 0.5) is 0 Å². The van der Waals surface area contributed by atoms with Gasteiger partial charge in [0.1, 0.15) is 0 Å². The van der Waals surface area contributed by atoms with Crippen LogP contribution in [0.3, 0.4) is 0 Å². The molecule has 3 rings (SSSR count). The van der Waals surface area contributed by atoms with Gasteiger partial charge in [-0.05, 0) is 31.3 Å². The predicted octanol–water partition coefficient (Wildman–Crippen LogP) is 3.25. The van der Waals surface area contributed by atoms with E-state index >= 15 is 0 Å². The Balaban J connectivity index is 1.31. The smallest absolute Gasteiger partial charge is 0.157 e. The summed E-state index contributed by atoms with van der Waals surface area (Å²) >= 11 is 6.31. The summed E-state index contributed by atoms with van der Waals surface area (Å²) in [6.45, 7) is 2.66. The van der Waals surface area contributed by atoms with Crippen molar-refractivity contribution in [3.8, 4) is 0 Å². The third-order valence-corrected chi connectivity index (χ3v) is 4.61. The number of fused-ring (bicyclic) bond motifs is 2. The Hall–Kier alpha value is -0.350. The quantitative estimate of drug-likeness (QED) is 0.553. The topological polar surface area (TPSA) is 27.7 Å². The van der Waals surface area contributed by atoms with Crippen molar-refractivity contribution >= 4 is 11.6 Å². The molecule has 0 aromatic rings. The number of allylic oxidation sites excluding steroid dienone is 3. The summed E-state index contributed by atoms with van der Waals surface area (Å²) in [6.07, 6.45) is 8.94. The molecule has 1 aliphatic heterocycles. The highest BCUT2D eigenvalue weighted by Gasteiger charge is 2.33.